The summed E-state index contributed by atoms with van der Waals surface area (Å²) in [4.78, 5) is 11.7. The van der Waals surface area contributed by atoms with Gasteiger partial charge in [0.1, 0.15) is 11.4 Å². The summed E-state index contributed by atoms with van der Waals surface area (Å²) in [6, 6.07) is 5.15. The van der Waals surface area contributed by atoms with Crippen LogP contribution < -0.4 is 5.32 Å². The van der Waals surface area contributed by atoms with Gasteiger partial charge in [-0.1, -0.05) is 0 Å². The molecule has 0 aliphatic heterocycles. The lowest BCUT2D eigenvalue weighted by Crippen LogP contribution is -2.34. The summed E-state index contributed by atoms with van der Waals surface area (Å²) in [5, 5.41) is 11.9. The molecule has 0 saturated carbocycles. The Labute approximate surface area is 97.0 Å². The van der Waals surface area contributed by atoms with E-state index in [4.69, 9.17) is 9.52 Å². The maximum Gasteiger partial charge on any atom is 0.287 e. The summed E-state index contributed by atoms with van der Waals surface area (Å²) in [5.41, 5.74) is 0.452. The van der Waals surface area contributed by atoms with Crippen molar-refractivity contribution in [2.24, 2.45) is 0 Å². The van der Waals surface area contributed by atoms with Gasteiger partial charge in [0.2, 0.25) is 0 Å². The Hall–Kier alpha value is -1.88. The molecule has 90 valence electrons. The van der Waals surface area contributed by atoms with E-state index in [1.54, 1.807) is 6.92 Å². The van der Waals surface area contributed by atoms with Gasteiger partial charge in [0.15, 0.2) is 5.76 Å². The molecule has 2 aromatic rings. The topological polar surface area (TPSA) is 62.5 Å². The van der Waals surface area contributed by atoms with Crippen LogP contribution in [0.4, 0.5) is 4.39 Å². The second kappa shape index (κ2) is 4.55. The number of furan rings is 1. The maximum atomic E-state index is 12.9. The Bertz CT molecular complexity index is 550. The van der Waals surface area contributed by atoms with Crippen molar-refractivity contribution in [3.63, 3.8) is 0 Å². The second-order valence-corrected chi connectivity index (χ2v) is 3.85. The molecule has 1 amide bonds. The average molecular weight is 237 g/mol. The zero-order chi connectivity index (χ0) is 12.4. The predicted octanol–water partition coefficient (Wildman–Crippen LogP) is 1.68. The van der Waals surface area contributed by atoms with Crippen LogP contribution in [0.3, 0.4) is 0 Å². The highest BCUT2D eigenvalue weighted by Crippen LogP contribution is 2.20. The van der Waals surface area contributed by atoms with E-state index in [1.165, 1.54) is 24.3 Å². The van der Waals surface area contributed by atoms with Gasteiger partial charge in [-0.25, -0.2) is 4.39 Å². The van der Waals surface area contributed by atoms with Gasteiger partial charge in [-0.05, 0) is 31.2 Å². The Kier molecular flexibility index (Phi) is 3.10. The van der Waals surface area contributed by atoms with Crippen molar-refractivity contribution >= 4 is 16.9 Å². The molecular formula is C12H12FNO3. The van der Waals surface area contributed by atoms with Crippen LogP contribution in [0.15, 0.2) is 28.7 Å². The van der Waals surface area contributed by atoms with Gasteiger partial charge in [0.05, 0.1) is 6.61 Å². The molecule has 1 aromatic carbocycles. The van der Waals surface area contributed by atoms with E-state index in [9.17, 15) is 9.18 Å². The van der Waals surface area contributed by atoms with Crippen LogP contribution in [0.25, 0.3) is 11.0 Å². The summed E-state index contributed by atoms with van der Waals surface area (Å²) in [5.74, 6) is -0.706. The summed E-state index contributed by atoms with van der Waals surface area (Å²) in [6.07, 6.45) is 0. The van der Waals surface area contributed by atoms with Crippen LogP contribution in [0, 0.1) is 5.82 Å². The number of aliphatic hydroxyl groups excluding tert-OH is 1. The van der Waals surface area contributed by atoms with Gasteiger partial charge in [-0.15, -0.1) is 0 Å². The molecule has 2 rings (SSSR count). The molecule has 17 heavy (non-hydrogen) atoms. The number of carbonyl (C=O) groups excluding carboxylic acids is 1. The van der Waals surface area contributed by atoms with E-state index in [0.29, 0.717) is 11.0 Å². The number of hydrogen-bond acceptors (Lipinski definition) is 3. The van der Waals surface area contributed by atoms with Crippen LogP contribution in [0.1, 0.15) is 17.5 Å². The van der Waals surface area contributed by atoms with Crippen molar-refractivity contribution < 1.29 is 18.7 Å². The number of hydrogen-bond donors (Lipinski definition) is 2. The Morgan fingerprint density at radius 3 is 3.00 bits per heavy atom. The number of nitrogens with one attached hydrogen (secondary N) is 1. The van der Waals surface area contributed by atoms with Crippen molar-refractivity contribution in [1.29, 1.82) is 0 Å². The molecule has 1 atom stereocenters. The Balaban J connectivity index is 2.27. The van der Waals surface area contributed by atoms with Crippen LogP contribution in [-0.4, -0.2) is 23.7 Å². The number of carbonyl (C=O) groups is 1. The predicted molar refractivity (Wildman–Crippen MR) is 60.2 cm³/mol. The summed E-state index contributed by atoms with van der Waals surface area (Å²) in [7, 11) is 0. The van der Waals surface area contributed by atoms with Crippen LogP contribution >= 0.6 is 0 Å². The molecule has 0 radical (unpaired) electrons. The quantitative estimate of drug-likeness (QED) is 0.853. The number of halogens is 1. The molecule has 1 heterocycles. The van der Waals surface area contributed by atoms with Crippen LogP contribution in [-0.2, 0) is 0 Å². The van der Waals surface area contributed by atoms with Gasteiger partial charge >= 0.3 is 0 Å². The molecule has 0 aliphatic carbocycles. The van der Waals surface area contributed by atoms with E-state index in [2.05, 4.69) is 5.32 Å². The molecule has 1 unspecified atom stereocenters. The van der Waals surface area contributed by atoms with Gasteiger partial charge in [0.25, 0.3) is 5.91 Å². The molecule has 5 heteroatoms. The molecule has 0 bridgehead atoms. The van der Waals surface area contributed by atoms with Crippen molar-refractivity contribution in [3.8, 4) is 0 Å². The lowest BCUT2D eigenvalue weighted by Gasteiger charge is -2.08. The molecular weight excluding hydrogens is 225 g/mol. The van der Waals surface area contributed by atoms with E-state index >= 15 is 0 Å². The Morgan fingerprint density at radius 2 is 2.29 bits per heavy atom. The highest BCUT2D eigenvalue weighted by atomic mass is 19.1. The molecule has 0 spiro atoms. The third-order valence-corrected chi connectivity index (χ3v) is 2.35. The van der Waals surface area contributed by atoms with Gasteiger partial charge in [-0.2, -0.15) is 0 Å². The van der Waals surface area contributed by atoms with Crippen molar-refractivity contribution in [2.75, 3.05) is 6.61 Å². The first-order valence-corrected chi connectivity index (χ1v) is 5.21. The monoisotopic (exact) mass is 237 g/mol. The summed E-state index contributed by atoms with van der Waals surface area (Å²) in [6.45, 7) is 1.51. The second-order valence-electron chi connectivity index (χ2n) is 3.85. The fourth-order valence-electron chi connectivity index (χ4n) is 1.47. The number of aliphatic hydroxyl groups is 1. The van der Waals surface area contributed by atoms with E-state index < -0.39 is 5.91 Å². The lowest BCUT2D eigenvalue weighted by atomic mass is 10.2. The highest BCUT2D eigenvalue weighted by molar-refractivity contribution is 5.96. The minimum atomic E-state index is -0.428. The lowest BCUT2D eigenvalue weighted by molar-refractivity contribution is 0.0896. The van der Waals surface area contributed by atoms with Crippen molar-refractivity contribution in [2.45, 2.75) is 13.0 Å². The largest absolute Gasteiger partial charge is 0.451 e. The molecule has 1 aromatic heterocycles. The van der Waals surface area contributed by atoms with E-state index in [0.717, 1.165) is 0 Å². The molecule has 0 fully saturated rings. The SMILES string of the molecule is CC(CO)NC(=O)c1cc2cc(F)ccc2o1. The number of fused-ring (bicyclic) bond motifs is 1. The van der Waals surface area contributed by atoms with Crippen molar-refractivity contribution in [1.82, 2.24) is 5.32 Å². The minimum Gasteiger partial charge on any atom is -0.451 e. The van der Waals surface area contributed by atoms with Gasteiger partial charge in [-0.3, -0.25) is 4.79 Å². The third-order valence-electron chi connectivity index (χ3n) is 2.35. The molecule has 0 saturated heterocycles. The fourth-order valence-corrected chi connectivity index (χ4v) is 1.47. The van der Waals surface area contributed by atoms with Crippen LogP contribution in [0.5, 0.6) is 0 Å². The molecule has 0 aliphatic rings. The Morgan fingerprint density at radius 1 is 1.53 bits per heavy atom. The number of rotatable bonds is 3. The standard InChI is InChI=1S/C12H12FNO3/c1-7(6-15)14-12(16)11-5-8-4-9(13)2-3-10(8)17-11/h2-5,7,15H,6H2,1H3,(H,14,16). The first-order valence-electron chi connectivity index (χ1n) is 5.21. The average Bonchev–Trinajstić information content (AvgIpc) is 2.71. The normalized spacial score (nSPS) is 12.6. The minimum absolute atomic E-state index is 0.103. The fraction of sp³-hybridized carbons (Fsp3) is 0.250. The van der Waals surface area contributed by atoms with Crippen LogP contribution in [0.2, 0.25) is 0 Å². The first kappa shape index (κ1) is 11.6. The number of amides is 1. The van der Waals surface area contributed by atoms with Crippen molar-refractivity contribution in [3.05, 3.63) is 35.8 Å². The summed E-state index contributed by atoms with van der Waals surface area (Å²) >= 11 is 0. The number of benzene rings is 1. The van der Waals surface area contributed by atoms with Gasteiger partial charge < -0.3 is 14.8 Å². The molecule has 2 N–H and O–H groups in total. The first-order chi connectivity index (χ1) is 8.10. The maximum absolute atomic E-state index is 12.9. The molecule has 4 nitrogen and oxygen atoms in total. The zero-order valence-electron chi connectivity index (χ0n) is 9.24. The third kappa shape index (κ3) is 2.45. The van der Waals surface area contributed by atoms with E-state index in [-0.39, 0.29) is 24.2 Å². The zero-order valence-corrected chi connectivity index (χ0v) is 9.24. The summed E-state index contributed by atoms with van der Waals surface area (Å²) < 4.78 is 18.2. The van der Waals surface area contributed by atoms with E-state index in [1.807, 2.05) is 0 Å². The van der Waals surface area contributed by atoms with Gasteiger partial charge in [0, 0.05) is 11.4 Å². The smallest absolute Gasteiger partial charge is 0.287 e. The highest BCUT2D eigenvalue weighted by Gasteiger charge is 2.14.